The van der Waals surface area contributed by atoms with Gasteiger partial charge in [-0.25, -0.2) is 8.42 Å². The molecule has 21 heavy (non-hydrogen) atoms. The summed E-state index contributed by atoms with van der Waals surface area (Å²) in [6, 6.07) is 7.39. The van der Waals surface area contributed by atoms with E-state index in [4.69, 9.17) is 0 Å². The van der Waals surface area contributed by atoms with Crippen LogP contribution < -0.4 is 5.32 Å². The average Bonchev–Trinajstić information content (AvgIpc) is 2.98. The van der Waals surface area contributed by atoms with Crippen LogP contribution >= 0.6 is 0 Å². The predicted octanol–water partition coefficient (Wildman–Crippen LogP) is 2.26. The van der Waals surface area contributed by atoms with Crippen molar-refractivity contribution in [1.29, 1.82) is 0 Å². The van der Waals surface area contributed by atoms with Crippen molar-refractivity contribution in [3.8, 4) is 0 Å². The summed E-state index contributed by atoms with van der Waals surface area (Å²) in [6.07, 6.45) is 4.07. The van der Waals surface area contributed by atoms with Gasteiger partial charge in [-0.15, -0.1) is 0 Å². The molecule has 1 aromatic carbocycles. The van der Waals surface area contributed by atoms with Crippen molar-refractivity contribution in [2.24, 2.45) is 5.92 Å². The highest BCUT2D eigenvalue weighted by molar-refractivity contribution is 7.89. The molecule has 4 nitrogen and oxygen atoms in total. The maximum absolute atomic E-state index is 12.6. The first-order chi connectivity index (χ1) is 10.1. The van der Waals surface area contributed by atoms with Crippen LogP contribution in [0.25, 0.3) is 0 Å². The molecule has 1 heterocycles. The molecule has 1 aromatic rings. The fourth-order valence-electron chi connectivity index (χ4n) is 2.80. The first-order valence-corrected chi connectivity index (χ1v) is 9.25. The van der Waals surface area contributed by atoms with Crippen molar-refractivity contribution in [2.45, 2.75) is 37.5 Å². The van der Waals surface area contributed by atoms with Crippen LogP contribution in [-0.4, -0.2) is 39.4 Å². The number of hydrogen-bond donors (Lipinski definition) is 1. The van der Waals surface area contributed by atoms with Crippen molar-refractivity contribution < 1.29 is 8.42 Å². The molecule has 0 saturated carbocycles. The number of sulfonamides is 1. The Labute approximate surface area is 128 Å². The summed E-state index contributed by atoms with van der Waals surface area (Å²) < 4.78 is 26.8. The molecular formula is C16H26N2O2S. The van der Waals surface area contributed by atoms with E-state index >= 15 is 0 Å². The molecular weight excluding hydrogens is 284 g/mol. The molecule has 1 unspecified atom stereocenters. The Kier molecular flexibility index (Phi) is 5.79. The van der Waals surface area contributed by atoms with E-state index in [9.17, 15) is 8.42 Å². The van der Waals surface area contributed by atoms with Gasteiger partial charge in [0.25, 0.3) is 0 Å². The summed E-state index contributed by atoms with van der Waals surface area (Å²) in [5.41, 5.74) is 1.19. The van der Waals surface area contributed by atoms with E-state index in [0.29, 0.717) is 23.9 Å². The second-order valence-corrected chi connectivity index (χ2v) is 7.71. The predicted molar refractivity (Wildman–Crippen MR) is 85.8 cm³/mol. The van der Waals surface area contributed by atoms with Gasteiger partial charge in [0.05, 0.1) is 4.90 Å². The van der Waals surface area contributed by atoms with Gasteiger partial charge >= 0.3 is 0 Å². The van der Waals surface area contributed by atoms with Crippen LogP contribution in [0.2, 0.25) is 0 Å². The van der Waals surface area contributed by atoms with Crippen molar-refractivity contribution in [3.05, 3.63) is 29.8 Å². The fourth-order valence-corrected chi connectivity index (χ4v) is 4.33. The molecule has 1 aliphatic rings. The van der Waals surface area contributed by atoms with Gasteiger partial charge in [-0.05, 0) is 56.5 Å². The van der Waals surface area contributed by atoms with Gasteiger partial charge in [-0.1, -0.05) is 25.5 Å². The number of nitrogens with zero attached hydrogens (tertiary/aromatic N) is 1. The standard InChI is InChI=1S/C16H26N2O2S/c1-3-14-10-12-18(13-14)21(19,20)16-8-6-15(7-9-16)5-4-11-17-2/h6-9,14,17H,3-5,10-13H2,1-2H3. The monoisotopic (exact) mass is 310 g/mol. The lowest BCUT2D eigenvalue weighted by molar-refractivity contribution is 0.453. The number of rotatable bonds is 7. The van der Waals surface area contributed by atoms with E-state index in [2.05, 4.69) is 12.2 Å². The van der Waals surface area contributed by atoms with Crippen LogP contribution in [0.1, 0.15) is 31.7 Å². The van der Waals surface area contributed by atoms with E-state index in [1.165, 1.54) is 5.56 Å². The fraction of sp³-hybridized carbons (Fsp3) is 0.625. The van der Waals surface area contributed by atoms with Crippen LogP contribution in [-0.2, 0) is 16.4 Å². The summed E-state index contributed by atoms with van der Waals surface area (Å²) in [6.45, 7) is 4.43. The molecule has 0 radical (unpaired) electrons. The van der Waals surface area contributed by atoms with Crippen molar-refractivity contribution in [1.82, 2.24) is 9.62 Å². The van der Waals surface area contributed by atoms with Gasteiger partial charge in [0.15, 0.2) is 0 Å². The lowest BCUT2D eigenvalue weighted by Gasteiger charge is -2.16. The first-order valence-electron chi connectivity index (χ1n) is 7.81. The Morgan fingerprint density at radius 2 is 2.00 bits per heavy atom. The van der Waals surface area contributed by atoms with Gasteiger partial charge in [0.2, 0.25) is 10.0 Å². The minimum absolute atomic E-state index is 0.427. The minimum atomic E-state index is -3.30. The third-order valence-corrected chi connectivity index (χ3v) is 6.16. The number of aryl methyl sites for hydroxylation is 1. The molecule has 2 rings (SSSR count). The van der Waals surface area contributed by atoms with Crippen molar-refractivity contribution >= 4 is 10.0 Å². The average molecular weight is 310 g/mol. The third-order valence-electron chi connectivity index (χ3n) is 4.28. The SMILES string of the molecule is CCC1CCN(S(=O)(=O)c2ccc(CCCNC)cc2)C1. The van der Waals surface area contributed by atoms with E-state index in [1.54, 1.807) is 16.4 Å². The number of nitrogens with one attached hydrogen (secondary N) is 1. The number of hydrogen-bond acceptors (Lipinski definition) is 3. The largest absolute Gasteiger partial charge is 0.320 e. The number of benzene rings is 1. The third kappa shape index (κ3) is 4.05. The Morgan fingerprint density at radius 1 is 1.29 bits per heavy atom. The lowest BCUT2D eigenvalue weighted by atomic mass is 10.1. The lowest BCUT2D eigenvalue weighted by Crippen LogP contribution is -2.28. The van der Waals surface area contributed by atoms with Crippen LogP contribution in [0.15, 0.2) is 29.2 Å². The highest BCUT2D eigenvalue weighted by atomic mass is 32.2. The van der Waals surface area contributed by atoms with Crippen molar-refractivity contribution in [2.75, 3.05) is 26.7 Å². The van der Waals surface area contributed by atoms with Crippen LogP contribution in [0.4, 0.5) is 0 Å². The molecule has 0 aromatic heterocycles. The molecule has 0 amide bonds. The summed E-state index contributed by atoms with van der Waals surface area (Å²) in [5, 5.41) is 3.12. The van der Waals surface area contributed by atoms with E-state index in [0.717, 1.165) is 32.2 Å². The van der Waals surface area contributed by atoms with Gasteiger partial charge < -0.3 is 5.32 Å². The Hall–Kier alpha value is -0.910. The zero-order chi connectivity index (χ0) is 15.3. The highest BCUT2D eigenvalue weighted by Gasteiger charge is 2.31. The summed E-state index contributed by atoms with van der Waals surface area (Å²) in [5.74, 6) is 0.514. The molecule has 5 heteroatoms. The quantitative estimate of drug-likeness (QED) is 0.786. The molecule has 1 N–H and O–H groups in total. The molecule has 1 fully saturated rings. The topological polar surface area (TPSA) is 49.4 Å². The Bertz CT molecular complexity index is 540. The second kappa shape index (κ2) is 7.38. The highest BCUT2D eigenvalue weighted by Crippen LogP contribution is 2.26. The zero-order valence-corrected chi connectivity index (χ0v) is 13.8. The summed E-state index contributed by atoms with van der Waals surface area (Å²) >= 11 is 0. The zero-order valence-electron chi connectivity index (χ0n) is 13.0. The molecule has 1 saturated heterocycles. The smallest absolute Gasteiger partial charge is 0.243 e. The minimum Gasteiger partial charge on any atom is -0.320 e. The molecule has 0 aliphatic carbocycles. The Morgan fingerprint density at radius 3 is 2.57 bits per heavy atom. The van der Waals surface area contributed by atoms with E-state index < -0.39 is 10.0 Å². The normalized spacial score (nSPS) is 20.0. The van der Waals surface area contributed by atoms with Crippen LogP contribution in [0.5, 0.6) is 0 Å². The maximum atomic E-state index is 12.6. The van der Waals surface area contributed by atoms with Gasteiger partial charge in [0, 0.05) is 13.1 Å². The molecule has 118 valence electrons. The molecule has 0 spiro atoms. The van der Waals surface area contributed by atoms with E-state index in [1.807, 2.05) is 19.2 Å². The van der Waals surface area contributed by atoms with Crippen LogP contribution in [0.3, 0.4) is 0 Å². The molecule has 0 bridgehead atoms. The first kappa shape index (κ1) is 16.5. The Balaban J connectivity index is 2.03. The molecule has 1 aliphatic heterocycles. The second-order valence-electron chi connectivity index (χ2n) is 5.78. The summed E-state index contributed by atoms with van der Waals surface area (Å²) in [7, 11) is -1.36. The molecule has 1 atom stereocenters. The van der Waals surface area contributed by atoms with Crippen molar-refractivity contribution in [3.63, 3.8) is 0 Å². The van der Waals surface area contributed by atoms with Gasteiger partial charge in [0.1, 0.15) is 0 Å². The van der Waals surface area contributed by atoms with Gasteiger partial charge in [-0.2, -0.15) is 4.31 Å². The van der Waals surface area contributed by atoms with Gasteiger partial charge in [-0.3, -0.25) is 0 Å². The summed E-state index contributed by atoms with van der Waals surface area (Å²) in [4.78, 5) is 0.427. The van der Waals surface area contributed by atoms with Crippen LogP contribution in [0, 0.1) is 5.92 Å². The van der Waals surface area contributed by atoms with E-state index in [-0.39, 0.29) is 0 Å². The maximum Gasteiger partial charge on any atom is 0.243 e.